The normalized spacial score (nSPS) is 20.1. The Bertz CT molecular complexity index is 719. The Morgan fingerprint density at radius 3 is 3.14 bits per heavy atom. The average Bonchev–Trinajstić information content (AvgIpc) is 3.16. The molecule has 21 heavy (non-hydrogen) atoms. The van der Waals surface area contributed by atoms with Gasteiger partial charge in [0.2, 0.25) is 0 Å². The maximum absolute atomic E-state index is 5.16. The molecule has 0 bridgehead atoms. The Labute approximate surface area is 123 Å². The molecule has 4 heterocycles. The van der Waals surface area contributed by atoms with Gasteiger partial charge in [0.1, 0.15) is 5.82 Å². The molecule has 0 aliphatic carbocycles. The van der Waals surface area contributed by atoms with Crippen LogP contribution in [0.1, 0.15) is 30.1 Å². The predicted molar refractivity (Wildman–Crippen MR) is 78.9 cm³/mol. The van der Waals surface area contributed by atoms with Crippen molar-refractivity contribution < 1.29 is 4.42 Å². The summed E-state index contributed by atoms with van der Waals surface area (Å²) in [5.41, 5.74) is 2.17. The summed E-state index contributed by atoms with van der Waals surface area (Å²) in [6.07, 6.45) is 8.00. The van der Waals surface area contributed by atoms with Gasteiger partial charge in [-0.3, -0.25) is 9.30 Å². The lowest BCUT2D eigenvalue weighted by atomic mass is 9.97. The minimum Gasteiger partial charge on any atom is -0.472 e. The molecule has 108 valence electrons. The summed E-state index contributed by atoms with van der Waals surface area (Å²) in [5.74, 6) is 1.53. The van der Waals surface area contributed by atoms with E-state index in [4.69, 9.17) is 4.42 Å². The van der Waals surface area contributed by atoms with Gasteiger partial charge in [0.25, 0.3) is 0 Å². The number of aromatic nitrogens is 3. The standard InChI is InChI=1S/C16H18N4O/c1-2-8-20-15(5-1)17-18-16(20)14-4-3-7-19(11-14)10-13-6-9-21-12-13/h1-2,5-6,8-9,12,14H,3-4,7,10-11H2. The lowest BCUT2D eigenvalue weighted by Crippen LogP contribution is -2.34. The number of likely N-dealkylation sites (tertiary alicyclic amines) is 1. The number of rotatable bonds is 3. The highest BCUT2D eigenvalue weighted by atomic mass is 16.3. The topological polar surface area (TPSA) is 46.6 Å². The van der Waals surface area contributed by atoms with E-state index in [9.17, 15) is 0 Å². The molecule has 1 saturated heterocycles. The molecule has 1 atom stereocenters. The van der Waals surface area contributed by atoms with Crippen molar-refractivity contribution >= 4 is 5.65 Å². The zero-order valence-electron chi connectivity index (χ0n) is 11.9. The van der Waals surface area contributed by atoms with Gasteiger partial charge in [-0.1, -0.05) is 6.07 Å². The highest BCUT2D eigenvalue weighted by Crippen LogP contribution is 2.26. The van der Waals surface area contributed by atoms with Crippen LogP contribution in [-0.4, -0.2) is 32.6 Å². The molecule has 5 heteroatoms. The van der Waals surface area contributed by atoms with Crippen molar-refractivity contribution in [2.24, 2.45) is 0 Å². The number of nitrogens with zero attached hydrogens (tertiary/aromatic N) is 4. The molecule has 1 aliphatic rings. The first-order chi connectivity index (χ1) is 10.4. The van der Waals surface area contributed by atoms with E-state index in [-0.39, 0.29) is 0 Å². The zero-order chi connectivity index (χ0) is 14.1. The lowest BCUT2D eigenvalue weighted by Gasteiger charge is -2.31. The Morgan fingerprint density at radius 2 is 2.24 bits per heavy atom. The summed E-state index contributed by atoms with van der Waals surface area (Å²) in [4.78, 5) is 2.48. The number of hydrogen-bond donors (Lipinski definition) is 0. The van der Waals surface area contributed by atoms with Gasteiger partial charge >= 0.3 is 0 Å². The SMILES string of the molecule is c1ccn2c(C3CCCN(Cc4ccoc4)C3)nnc2c1. The van der Waals surface area contributed by atoms with E-state index in [1.807, 2.05) is 30.5 Å². The molecule has 3 aromatic rings. The average molecular weight is 282 g/mol. The van der Waals surface area contributed by atoms with Crippen molar-refractivity contribution in [3.8, 4) is 0 Å². The van der Waals surface area contributed by atoms with Gasteiger partial charge in [0, 0.05) is 30.8 Å². The van der Waals surface area contributed by atoms with Crippen LogP contribution in [-0.2, 0) is 6.54 Å². The minimum absolute atomic E-state index is 0.447. The molecule has 4 rings (SSSR count). The molecule has 0 saturated carbocycles. The fraction of sp³-hybridized carbons (Fsp3) is 0.375. The van der Waals surface area contributed by atoms with Gasteiger partial charge in [-0.15, -0.1) is 10.2 Å². The van der Waals surface area contributed by atoms with Gasteiger partial charge in [0.15, 0.2) is 5.65 Å². The second kappa shape index (κ2) is 5.33. The van der Waals surface area contributed by atoms with Gasteiger partial charge < -0.3 is 4.42 Å². The molecule has 1 unspecified atom stereocenters. The molecule has 0 aromatic carbocycles. The molecule has 0 N–H and O–H groups in total. The van der Waals surface area contributed by atoms with E-state index in [2.05, 4.69) is 25.7 Å². The Kier molecular flexibility index (Phi) is 3.20. The number of hydrogen-bond acceptors (Lipinski definition) is 4. The van der Waals surface area contributed by atoms with Crippen LogP contribution in [0.4, 0.5) is 0 Å². The van der Waals surface area contributed by atoms with Crippen LogP contribution in [0.5, 0.6) is 0 Å². The summed E-state index contributed by atoms with van der Waals surface area (Å²) in [5, 5.41) is 8.69. The van der Waals surface area contributed by atoms with E-state index < -0.39 is 0 Å². The van der Waals surface area contributed by atoms with Crippen molar-refractivity contribution in [2.75, 3.05) is 13.1 Å². The first-order valence-corrected chi connectivity index (χ1v) is 7.43. The Balaban J connectivity index is 1.55. The third-order valence-corrected chi connectivity index (χ3v) is 4.20. The van der Waals surface area contributed by atoms with Crippen molar-refractivity contribution in [2.45, 2.75) is 25.3 Å². The second-order valence-corrected chi connectivity index (χ2v) is 5.69. The van der Waals surface area contributed by atoms with Gasteiger partial charge in [0.05, 0.1) is 12.5 Å². The smallest absolute Gasteiger partial charge is 0.160 e. The van der Waals surface area contributed by atoms with E-state index in [0.717, 1.165) is 31.1 Å². The first kappa shape index (κ1) is 12.6. The van der Waals surface area contributed by atoms with Crippen LogP contribution in [0, 0.1) is 0 Å². The third kappa shape index (κ3) is 2.45. The quantitative estimate of drug-likeness (QED) is 0.741. The molecular weight excluding hydrogens is 264 g/mol. The van der Waals surface area contributed by atoms with Crippen molar-refractivity contribution in [1.82, 2.24) is 19.5 Å². The van der Waals surface area contributed by atoms with Crippen LogP contribution >= 0.6 is 0 Å². The fourth-order valence-electron chi connectivity index (χ4n) is 3.19. The van der Waals surface area contributed by atoms with Crippen molar-refractivity contribution in [3.05, 3.63) is 54.4 Å². The van der Waals surface area contributed by atoms with E-state index in [1.54, 1.807) is 6.26 Å². The number of fused-ring (bicyclic) bond motifs is 1. The summed E-state index contributed by atoms with van der Waals surface area (Å²) in [6.45, 7) is 3.11. The van der Waals surface area contributed by atoms with Gasteiger partial charge in [-0.2, -0.15) is 0 Å². The first-order valence-electron chi connectivity index (χ1n) is 7.43. The third-order valence-electron chi connectivity index (χ3n) is 4.20. The van der Waals surface area contributed by atoms with Crippen molar-refractivity contribution in [1.29, 1.82) is 0 Å². The molecule has 0 spiro atoms. The second-order valence-electron chi connectivity index (χ2n) is 5.69. The van der Waals surface area contributed by atoms with Gasteiger partial charge in [-0.25, -0.2) is 0 Å². The highest BCUT2D eigenvalue weighted by Gasteiger charge is 2.25. The molecule has 3 aromatic heterocycles. The predicted octanol–water partition coefficient (Wildman–Crippen LogP) is 2.70. The fourth-order valence-corrected chi connectivity index (χ4v) is 3.19. The minimum atomic E-state index is 0.447. The molecule has 1 aliphatic heterocycles. The van der Waals surface area contributed by atoms with Crippen LogP contribution in [0.25, 0.3) is 5.65 Å². The van der Waals surface area contributed by atoms with E-state index in [0.29, 0.717) is 5.92 Å². The number of furan rings is 1. The van der Waals surface area contributed by atoms with E-state index >= 15 is 0 Å². The maximum atomic E-state index is 5.16. The van der Waals surface area contributed by atoms with Crippen LogP contribution < -0.4 is 0 Å². The summed E-state index contributed by atoms with van der Waals surface area (Å²) in [7, 11) is 0. The summed E-state index contributed by atoms with van der Waals surface area (Å²) >= 11 is 0. The summed E-state index contributed by atoms with van der Waals surface area (Å²) in [6, 6.07) is 8.07. The van der Waals surface area contributed by atoms with Gasteiger partial charge in [-0.05, 0) is 37.6 Å². The summed E-state index contributed by atoms with van der Waals surface area (Å²) < 4.78 is 7.28. The lowest BCUT2D eigenvalue weighted by molar-refractivity contribution is 0.195. The largest absolute Gasteiger partial charge is 0.472 e. The van der Waals surface area contributed by atoms with E-state index in [1.165, 1.54) is 18.4 Å². The molecule has 0 amide bonds. The molecule has 5 nitrogen and oxygen atoms in total. The number of piperidine rings is 1. The Morgan fingerprint density at radius 1 is 1.24 bits per heavy atom. The van der Waals surface area contributed by atoms with Crippen molar-refractivity contribution in [3.63, 3.8) is 0 Å². The van der Waals surface area contributed by atoms with Crippen LogP contribution in [0.3, 0.4) is 0 Å². The maximum Gasteiger partial charge on any atom is 0.160 e. The molecule has 1 fully saturated rings. The van der Waals surface area contributed by atoms with Crippen LogP contribution in [0.2, 0.25) is 0 Å². The highest BCUT2D eigenvalue weighted by molar-refractivity contribution is 5.37. The zero-order valence-corrected chi connectivity index (χ0v) is 11.9. The molecular formula is C16H18N4O. The number of pyridine rings is 1. The monoisotopic (exact) mass is 282 g/mol. The molecule has 0 radical (unpaired) electrons. The van der Waals surface area contributed by atoms with Crippen LogP contribution in [0.15, 0.2) is 47.4 Å². The Hall–Kier alpha value is -2.14.